The maximum absolute atomic E-state index is 12.1. The predicted octanol–water partition coefficient (Wildman–Crippen LogP) is 1.13. The number of aryl methyl sites for hydroxylation is 1. The van der Waals surface area contributed by atoms with Gasteiger partial charge in [-0.3, -0.25) is 9.48 Å². The van der Waals surface area contributed by atoms with Crippen molar-refractivity contribution in [3.8, 4) is 5.88 Å². The smallest absolute Gasteiger partial charge is 0.258 e. The molecule has 1 atom stereocenters. The van der Waals surface area contributed by atoms with Gasteiger partial charge < -0.3 is 15.2 Å². The molecule has 108 valence electrons. The summed E-state index contributed by atoms with van der Waals surface area (Å²) in [5, 5.41) is 18.9. The molecular weight excluding hydrogens is 278 g/mol. The first-order valence-electron chi connectivity index (χ1n) is 6.06. The predicted molar refractivity (Wildman–Crippen MR) is 76.0 cm³/mol. The molecule has 0 saturated heterocycles. The van der Waals surface area contributed by atoms with Crippen molar-refractivity contribution in [1.82, 2.24) is 15.1 Å². The van der Waals surface area contributed by atoms with Crippen LogP contribution in [0.5, 0.6) is 5.88 Å². The lowest BCUT2D eigenvalue weighted by Crippen LogP contribution is -2.38. The largest absolute Gasteiger partial charge is 0.479 e. The van der Waals surface area contributed by atoms with Gasteiger partial charge in [0.2, 0.25) is 5.88 Å². The molecular formula is C13H17N3O3S. The minimum atomic E-state index is -1.10. The van der Waals surface area contributed by atoms with Crippen molar-refractivity contribution < 1.29 is 14.6 Å². The Hall–Kier alpha value is -1.86. The number of nitrogens with one attached hydrogen (secondary N) is 1. The number of carbonyl (C=O) groups is 1. The van der Waals surface area contributed by atoms with Crippen LogP contribution in [0.4, 0.5) is 0 Å². The van der Waals surface area contributed by atoms with Crippen molar-refractivity contribution in [3.05, 3.63) is 34.2 Å². The van der Waals surface area contributed by atoms with E-state index in [0.717, 1.165) is 4.88 Å². The summed E-state index contributed by atoms with van der Waals surface area (Å²) in [7, 11) is 3.17. The van der Waals surface area contributed by atoms with Gasteiger partial charge in [0.05, 0.1) is 13.7 Å². The van der Waals surface area contributed by atoms with Crippen molar-refractivity contribution in [1.29, 1.82) is 0 Å². The summed E-state index contributed by atoms with van der Waals surface area (Å²) >= 11 is 1.45. The first-order chi connectivity index (χ1) is 9.44. The molecule has 2 aromatic rings. The average molecular weight is 295 g/mol. The monoisotopic (exact) mass is 295 g/mol. The molecule has 2 N–H and O–H groups in total. The third-order valence-electron chi connectivity index (χ3n) is 2.88. The summed E-state index contributed by atoms with van der Waals surface area (Å²) in [5.74, 6) is -0.0625. The zero-order valence-corrected chi connectivity index (χ0v) is 12.4. The van der Waals surface area contributed by atoms with Crippen LogP contribution in [0.1, 0.15) is 22.2 Å². The molecule has 2 heterocycles. The van der Waals surface area contributed by atoms with E-state index in [1.807, 2.05) is 17.5 Å². The van der Waals surface area contributed by atoms with Gasteiger partial charge in [0.15, 0.2) is 0 Å². The van der Waals surface area contributed by atoms with Crippen LogP contribution in [0.2, 0.25) is 0 Å². The summed E-state index contributed by atoms with van der Waals surface area (Å²) in [6.45, 7) is 1.78. The van der Waals surface area contributed by atoms with E-state index in [1.54, 1.807) is 20.2 Å². The molecule has 0 aromatic carbocycles. The third kappa shape index (κ3) is 3.00. The normalized spacial score (nSPS) is 13.8. The number of carbonyl (C=O) groups excluding carboxylic acids is 1. The molecule has 6 nitrogen and oxygen atoms in total. The molecule has 20 heavy (non-hydrogen) atoms. The van der Waals surface area contributed by atoms with Gasteiger partial charge >= 0.3 is 0 Å². The van der Waals surface area contributed by atoms with Crippen molar-refractivity contribution in [2.75, 3.05) is 13.7 Å². The minimum absolute atomic E-state index is 0.115. The molecule has 0 radical (unpaired) electrons. The standard InChI is InChI=1S/C13H17N3O3S/c1-13(18,10-5-4-6-20-10)8-14-11(17)9-7-16(2)15-12(9)19-3/h4-7,18H,8H2,1-3H3,(H,14,17)/t13-/m0/s1. The Kier molecular flexibility index (Phi) is 4.10. The highest BCUT2D eigenvalue weighted by Crippen LogP contribution is 2.24. The van der Waals surface area contributed by atoms with Crippen LogP contribution < -0.4 is 10.1 Å². The number of thiophene rings is 1. The molecule has 7 heteroatoms. The second kappa shape index (κ2) is 5.64. The van der Waals surface area contributed by atoms with Gasteiger partial charge in [0, 0.05) is 18.1 Å². The molecule has 2 rings (SSSR count). The van der Waals surface area contributed by atoms with Crippen LogP contribution in [-0.4, -0.2) is 34.4 Å². The fraction of sp³-hybridized carbons (Fsp3) is 0.385. The zero-order chi connectivity index (χ0) is 14.8. The maximum Gasteiger partial charge on any atom is 0.258 e. The van der Waals surface area contributed by atoms with Crippen LogP contribution >= 0.6 is 11.3 Å². The highest BCUT2D eigenvalue weighted by atomic mass is 32.1. The van der Waals surface area contributed by atoms with E-state index in [0.29, 0.717) is 5.56 Å². The molecule has 0 saturated carbocycles. The van der Waals surface area contributed by atoms with E-state index in [-0.39, 0.29) is 18.3 Å². The lowest BCUT2D eigenvalue weighted by molar-refractivity contribution is 0.0556. The topological polar surface area (TPSA) is 76.4 Å². The number of hydrogen-bond acceptors (Lipinski definition) is 5. The molecule has 1 amide bonds. The summed E-state index contributed by atoms with van der Waals surface area (Å²) in [5.41, 5.74) is -0.754. The molecule has 0 fully saturated rings. The van der Waals surface area contributed by atoms with E-state index in [9.17, 15) is 9.90 Å². The minimum Gasteiger partial charge on any atom is -0.479 e. The van der Waals surface area contributed by atoms with Crippen molar-refractivity contribution in [2.24, 2.45) is 7.05 Å². The van der Waals surface area contributed by atoms with Crippen molar-refractivity contribution in [3.63, 3.8) is 0 Å². The number of aliphatic hydroxyl groups is 1. The van der Waals surface area contributed by atoms with Crippen molar-refractivity contribution >= 4 is 17.2 Å². The Morgan fingerprint density at radius 3 is 3.00 bits per heavy atom. The van der Waals surface area contributed by atoms with Crippen LogP contribution in [-0.2, 0) is 12.6 Å². The summed E-state index contributed by atoms with van der Waals surface area (Å²) in [6.07, 6.45) is 1.58. The highest BCUT2D eigenvalue weighted by Gasteiger charge is 2.26. The number of nitrogens with zero attached hydrogens (tertiary/aromatic N) is 2. The number of amides is 1. The number of ether oxygens (including phenoxy) is 1. The first kappa shape index (κ1) is 14.5. The quantitative estimate of drug-likeness (QED) is 0.867. The van der Waals surface area contributed by atoms with Gasteiger partial charge in [0.25, 0.3) is 5.91 Å². The van der Waals surface area contributed by atoms with Crippen LogP contribution in [0.25, 0.3) is 0 Å². The fourth-order valence-electron chi connectivity index (χ4n) is 1.79. The molecule has 0 spiro atoms. The van der Waals surface area contributed by atoms with E-state index < -0.39 is 5.60 Å². The Morgan fingerprint density at radius 2 is 2.40 bits per heavy atom. The molecule has 0 aliphatic carbocycles. The average Bonchev–Trinajstić information content (AvgIpc) is 3.05. The summed E-state index contributed by atoms with van der Waals surface area (Å²) in [6, 6.07) is 3.70. The Labute approximate surface area is 121 Å². The van der Waals surface area contributed by atoms with Crippen LogP contribution in [0, 0.1) is 0 Å². The number of rotatable bonds is 5. The molecule has 0 unspecified atom stereocenters. The zero-order valence-electron chi connectivity index (χ0n) is 11.6. The fourth-order valence-corrected chi connectivity index (χ4v) is 2.58. The first-order valence-corrected chi connectivity index (χ1v) is 6.94. The lowest BCUT2D eigenvalue weighted by atomic mass is 10.1. The molecule has 0 bridgehead atoms. The second-order valence-corrected chi connectivity index (χ2v) is 5.61. The van der Waals surface area contributed by atoms with Gasteiger partial charge in [-0.25, -0.2) is 0 Å². The van der Waals surface area contributed by atoms with Gasteiger partial charge in [-0.2, -0.15) is 0 Å². The van der Waals surface area contributed by atoms with E-state index in [1.165, 1.54) is 23.1 Å². The van der Waals surface area contributed by atoms with Gasteiger partial charge in [-0.1, -0.05) is 6.07 Å². The maximum atomic E-state index is 12.1. The Balaban J connectivity index is 2.05. The summed E-state index contributed by atoms with van der Waals surface area (Å²) < 4.78 is 6.54. The SMILES string of the molecule is COc1nn(C)cc1C(=O)NC[C@](C)(O)c1cccs1. The molecule has 2 aromatic heterocycles. The Bertz CT molecular complexity index is 590. The lowest BCUT2D eigenvalue weighted by Gasteiger charge is -2.22. The van der Waals surface area contributed by atoms with Crippen LogP contribution in [0.3, 0.4) is 0 Å². The van der Waals surface area contributed by atoms with Crippen LogP contribution in [0.15, 0.2) is 23.7 Å². The van der Waals surface area contributed by atoms with E-state index >= 15 is 0 Å². The molecule has 0 aliphatic rings. The van der Waals surface area contributed by atoms with E-state index in [4.69, 9.17) is 4.74 Å². The second-order valence-electron chi connectivity index (χ2n) is 4.66. The Morgan fingerprint density at radius 1 is 1.65 bits per heavy atom. The van der Waals surface area contributed by atoms with Gasteiger partial charge in [-0.15, -0.1) is 16.4 Å². The summed E-state index contributed by atoms with van der Waals surface area (Å²) in [4.78, 5) is 12.9. The van der Waals surface area contributed by atoms with Gasteiger partial charge in [-0.05, 0) is 18.4 Å². The number of aromatic nitrogens is 2. The number of methoxy groups -OCH3 is 1. The molecule has 0 aliphatic heterocycles. The van der Waals surface area contributed by atoms with E-state index in [2.05, 4.69) is 10.4 Å². The third-order valence-corrected chi connectivity index (χ3v) is 4.00. The number of hydrogen-bond donors (Lipinski definition) is 2. The highest BCUT2D eigenvalue weighted by molar-refractivity contribution is 7.10. The van der Waals surface area contributed by atoms with Gasteiger partial charge in [0.1, 0.15) is 11.2 Å². The van der Waals surface area contributed by atoms with Crippen molar-refractivity contribution in [2.45, 2.75) is 12.5 Å².